The van der Waals surface area contributed by atoms with E-state index in [2.05, 4.69) is 32.9 Å². The molecule has 1 heterocycles. The molecule has 0 unspecified atom stereocenters. The second kappa shape index (κ2) is 8.28. The maximum absolute atomic E-state index is 11.9. The van der Waals surface area contributed by atoms with Gasteiger partial charge in [0.2, 0.25) is 5.91 Å². The molecule has 6 nitrogen and oxygen atoms in total. The van der Waals surface area contributed by atoms with E-state index in [9.17, 15) is 4.79 Å². The van der Waals surface area contributed by atoms with Crippen LogP contribution < -0.4 is 16.0 Å². The summed E-state index contributed by atoms with van der Waals surface area (Å²) in [4.78, 5) is 21.7. The molecule has 0 saturated heterocycles. The number of thiazole rings is 1. The van der Waals surface area contributed by atoms with E-state index in [1.807, 2.05) is 37.3 Å². The van der Waals surface area contributed by atoms with Gasteiger partial charge in [-0.05, 0) is 26.0 Å². The molecule has 1 aromatic carbocycles. The van der Waals surface area contributed by atoms with Gasteiger partial charge >= 0.3 is 0 Å². The Morgan fingerprint density at radius 1 is 1.22 bits per heavy atom. The van der Waals surface area contributed by atoms with Gasteiger partial charge in [0, 0.05) is 17.6 Å². The zero-order valence-electron chi connectivity index (χ0n) is 13.5. The van der Waals surface area contributed by atoms with Crippen molar-refractivity contribution in [2.75, 3.05) is 18.9 Å². The Kier molecular flexibility index (Phi) is 6.10. The number of guanidine groups is 1. The topological polar surface area (TPSA) is 78.4 Å². The lowest BCUT2D eigenvalue weighted by molar-refractivity contribution is -0.115. The minimum absolute atomic E-state index is 0.125. The second-order valence-electron chi connectivity index (χ2n) is 4.94. The number of para-hydroxylation sites is 1. The fourth-order valence-corrected chi connectivity index (χ4v) is 2.76. The third kappa shape index (κ3) is 5.37. The van der Waals surface area contributed by atoms with E-state index >= 15 is 0 Å². The van der Waals surface area contributed by atoms with Gasteiger partial charge < -0.3 is 16.0 Å². The van der Waals surface area contributed by atoms with Crippen LogP contribution in [0.2, 0.25) is 0 Å². The highest BCUT2D eigenvalue weighted by Crippen LogP contribution is 2.15. The van der Waals surface area contributed by atoms with E-state index in [-0.39, 0.29) is 12.5 Å². The lowest BCUT2D eigenvalue weighted by atomic mass is 10.3. The molecule has 0 aliphatic rings. The molecule has 0 fully saturated rings. The Balaban J connectivity index is 1.77. The van der Waals surface area contributed by atoms with Crippen molar-refractivity contribution < 1.29 is 4.79 Å². The molecular weight excluding hydrogens is 310 g/mol. The van der Waals surface area contributed by atoms with Crippen molar-refractivity contribution in [3.63, 3.8) is 0 Å². The van der Waals surface area contributed by atoms with Gasteiger partial charge in [0.05, 0.1) is 18.8 Å². The zero-order valence-corrected chi connectivity index (χ0v) is 14.3. The van der Waals surface area contributed by atoms with Gasteiger partial charge in [0.15, 0.2) is 5.96 Å². The van der Waals surface area contributed by atoms with Crippen LogP contribution in [-0.4, -0.2) is 30.4 Å². The summed E-state index contributed by atoms with van der Waals surface area (Å²) < 4.78 is 0. The highest BCUT2D eigenvalue weighted by Gasteiger charge is 2.06. The van der Waals surface area contributed by atoms with E-state index < -0.39 is 0 Å². The Morgan fingerprint density at radius 3 is 2.57 bits per heavy atom. The molecule has 7 heteroatoms. The van der Waals surface area contributed by atoms with E-state index in [0.717, 1.165) is 16.4 Å². The first-order valence-electron chi connectivity index (χ1n) is 7.31. The summed E-state index contributed by atoms with van der Waals surface area (Å²) in [6.07, 6.45) is 0. The summed E-state index contributed by atoms with van der Waals surface area (Å²) in [6, 6.07) is 9.35. The van der Waals surface area contributed by atoms with Gasteiger partial charge in [0.1, 0.15) is 5.01 Å². The molecule has 0 aliphatic carbocycles. The van der Waals surface area contributed by atoms with Crippen molar-refractivity contribution in [3.05, 3.63) is 45.9 Å². The predicted molar refractivity (Wildman–Crippen MR) is 94.9 cm³/mol. The van der Waals surface area contributed by atoms with Crippen LogP contribution in [0.25, 0.3) is 0 Å². The van der Waals surface area contributed by atoms with Crippen molar-refractivity contribution in [1.82, 2.24) is 15.6 Å². The summed E-state index contributed by atoms with van der Waals surface area (Å²) in [5.41, 5.74) is 1.83. The number of amides is 1. The van der Waals surface area contributed by atoms with Crippen LogP contribution in [0.15, 0.2) is 35.3 Å². The number of aromatic nitrogens is 1. The molecule has 1 aromatic heterocycles. The van der Waals surface area contributed by atoms with Crippen molar-refractivity contribution in [2.24, 2.45) is 4.99 Å². The highest BCUT2D eigenvalue weighted by atomic mass is 32.1. The van der Waals surface area contributed by atoms with Crippen molar-refractivity contribution in [2.45, 2.75) is 20.4 Å². The molecule has 2 aromatic rings. The first-order chi connectivity index (χ1) is 11.1. The number of aliphatic imine (C=N–C) groups is 1. The first kappa shape index (κ1) is 17.0. The van der Waals surface area contributed by atoms with Crippen molar-refractivity contribution in [1.29, 1.82) is 0 Å². The lowest BCUT2D eigenvalue weighted by Crippen LogP contribution is -2.41. The Bertz CT molecular complexity index is 662. The van der Waals surface area contributed by atoms with Crippen LogP contribution in [0, 0.1) is 13.8 Å². The van der Waals surface area contributed by atoms with Gasteiger partial charge in [-0.3, -0.25) is 9.79 Å². The third-order valence-corrected chi connectivity index (χ3v) is 4.25. The van der Waals surface area contributed by atoms with E-state index in [1.165, 1.54) is 4.88 Å². The van der Waals surface area contributed by atoms with Gasteiger partial charge in [-0.25, -0.2) is 4.98 Å². The lowest BCUT2D eigenvalue weighted by Gasteiger charge is -2.11. The van der Waals surface area contributed by atoms with E-state index in [0.29, 0.717) is 12.5 Å². The van der Waals surface area contributed by atoms with Crippen LogP contribution >= 0.6 is 11.3 Å². The molecule has 0 saturated carbocycles. The molecule has 2 rings (SSSR count). The molecule has 23 heavy (non-hydrogen) atoms. The van der Waals surface area contributed by atoms with Crippen LogP contribution in [0.1, 0.15) is 15.6 Å². The van der Waals surface area contributed by atoms with Gasteiger partial charge in [0.25, 0.3) is 0 Å². The SMILES string of the molecule is CN=C(NCC(=O)Nc1ccccc1)NCc1nc(C)c(C)s1. The molecule has 0 aliphatic heterocycles. The Morgan fingerprint density at radius 2 is 1.96 bits per heavy atom. The maximum Gasteiger partial charge on any atom is 0.243 e. The average Bonchev–Trinajstić information content (AvgIpc) is 2.87. The number of rotatable bonds is 5. The number of benzene rings is 1. The molecule has 0 bridgehead atoms. The number of aryl methyl sites for hydroxylation is 2. The molecule has 1 amide bonds. The van der Waals surface area contributed by atoms with Gasteiger partial charge in [-0.1, -0.05) is 18.2 Å². The molecular formula is C16H21N5OS. The van der Waals surface area contributed by atoms with Crippen molar-refractivity contribution >= 4 is 28.9 Å². The predicted octanol–water partition coefficient (Wildman–Crippen LogP) is 2.06. The monoisotopic (exact) mass is 331 g/mol. The molecule has 0 atom stereocenters. The zero-order chi connectivity index (χ0) is 16.7. The van der Waals surface area contributed by atoms with Gasteiger partial charge in [-0.2, -0.15) is 0 Å². The summed E-state index contributed by atoms with van der Waals surface area (Å²) in [5, 5.41) is 9.95. The number of carbonyl (C=O) groups is 1. The third-order valence-electron chi connectivity index (χ3n) is 3.18. The fraction of sp³-hybridized carbons (Fsp3) is 0.312. The molecule has 0 spiro atoms. The van der Waals surface area contributed by atoms with Crippen LogP contribution in [-0.2, 0) is 11.3 Å². The average molecular weight is 331 g/mol. The summed E-state index contributed by atoms with van der Waals surface area (Å²) in [7, 11) is 1.67. The second-order valence-corrected chi connectivity index (χ2v) is 6.23. The number of nitrogens with zero attached hydrogens (tertiary/aromatic N) is 2. The summed E-state index contributed by atoms with van der Waals surface area (Å²) >= 11 is 1.66. The molecule has 3 N–H and O–H groups in total. The smallest absolute Gasteiger partial charge is 0.243 e. The molecule has 0 radical (unpaired) electrons. The fourth-order valence-electron chi connectivity index (χ4n) is 1.89. The quantitative estimate of drug-likeness (QED) is 0.579. The van der Waals surface area contributed by atoms with E-state index in [4.69, 9.17) is 0 Å². The van der Waals surface area contributed by atoms with Crippen molar-refractivity contribution in [3.8, 4) is 0 Å². The minimum Gasteiger partial charge on any atom is -0.350 e. The number of hydrogen-bond acceptors (Lipinski definition) is 4. The number of nitrogens with one attached hydrogen (secondary N) is 3. The van der Waals surface area contributed by atoms with Crippen LogP contribution in [0.3, 0.4) is 0 Å². The molecule has 122 valence electrons. The van der Waals surface area contributed by atoms with Gasteiger partial charge in [-0.15, -0.1) is 11.3 Å². The standard InChI is InChI=1S/C16H21N5OS/c1-11-12(2)23-15(20-11)10-19-16(17-3)18-9-14(22)21-13-7-5-4-6-8-13/h4-8H,9-10H2,1-3H3,(H,21,22)(H2,17,18,19). The number of carbonyl (C=O) groups excluding carboxylic acids is 1. The largest absolute Gasteiger partial charge is 0.350 e. The number of anilines is 1. The summed E-state index contributed by atoms with van der Waals surface area (Å²) in [5.74, 6) is 0.443. The normalized spacial score (nSPS) is 11.2. The summed E-state index contributed by atoms with van der Waals surface area (Å²) in [6.45, 7) is 4.78. The Hall–Kier alpha value is -2.41. The maximum atomic E-state index is 11.9. The first-order valence-corrected chi connectivity index (χ1v) is 8.12. The highest BCUT2D eigenvalue weighted by molar-refractivity contribution is 7.11. The van der Waals surface area contributed by atoms with Crippen LogP contribution in [0.5, 0.6) is 0 Å². The number of hydrogen-bond donors (Lipinski definition) is 3. The minimum atomic E-state index is -0.125. The Labute approximate surface area is 140 Å². The van der Waals surface area contributed by atoms with E-state index in [1.54, 1.807) is 18.4 Å². The van der Waals surface area contributed by atoms with Crippen LogP contribution in [0.4, 0.5) is 5.69 Å².